The highest BCUT2D eigenvalue weighted by molar-refractivity contribution is 6.00. The van der Waals surface area contributed by atoms with Gasteiger partial charge in [0.05, 0.1) is 31.0 Å². The fourth-order valence-electron chi connectivity index (χ4n) is 9.01. The fraction of sp³-hybridized carbons (Fsp3) is 0.741. The second kappa shape index (κ2) is 8.11. The molecule has 210 valence electrons. The molecule has 2 heterocycles. The van der Waals surface area contributed by atoms with Crippen LogP contribution >= 0.6 is 0 Å². The van der Waals surface area contributed by atoms with Gasteiger partial charge in [-0.15, -0.1) is 0 Å². The Hall–Kier alpha value is -2.31. The van der Waals surface area contributed by atoms with Gasteiger partial charge in [0.25, 0.3) is 0 Å². The molecule has 3 saturated carbocycles. The standard InChI is InChI=1S/C27H36O11/c1-22(19(32)14-5-8-37-11-14)6-4-7-25(34)16(22)10-18(31)38-21(25)27(36)20(33)23(2)12-26(27,35)24(3,13-28)15(23)9-17(29)30/h5,8,11,15-16,20-21,28,33-36H,4,6-7,9-10,12-13H2,1-3H3,(H,29,30). The first-order valence-electron chi connectivity index (χ1n) is 13.0. The van der Waals surface area contributed by atoms with Crippen molar-refractivity contribution in [3.63, 3.8) is 0 Å². The van der Waals surface area contributed by atoms with Crippen molar-refractivity contribution in [1.29, 1.82) is 0 Å². The lowest BCUT2D eigenvalue weighted by atomic mass is 9.48. The molecule has 1 aromatic heterocycles. The summed E-state index contributed by atoms with van der Waals surface area (Å²) in [6.07, 6.45) is -1.48. The van der Waals surface area contributed by atoms with Gasteiger partial charge >= 0.3 is 11.9 Å². The maximum Gasteiger partial charge on any atom is 0.306 e. The molecule has 0 aromatic carbocycles. The predicted octanol–water partition coefficient (Wildman–Crippen LogP) is 0.651. The van der Waals surface area contributed by atoms with E-state index in [2.05, 4.69) is 0 Å². The molecule has 3 aliphatic carbocycles. The second-order valence-electron chi connectivity index (χ2n) is 12.7. The van der Waals surface area contributed by atoms with Crippen LogP contribution in [0, 0.1) is 28.1 Å². The zero-order chi connectivity index (χ0) is 28.1. The Morgan fingerprint density at radius 3 is 2.39 bits per heavy atom. The molecule has 11 heteroatoms. The number of furan rings is 1. The topological polar surface area (TPSA) is 195 Å². The number of cyclic esters (lactones) is 1. The van der Waals surface area contributed by atoms with Crippen LogP contribution in [0.4, 0.5) is 0 Å². The summed E-state index contributed by atoms with van der Waals surface area (Å²) in [5.74, 6) is -4.34. The first kappa shape index (κ1) is 27.3. The zero-order valence-electron chi connectivity index (χ0n) is 21.7. The van der Waals surface area contributed by atoms with Crippen LogP contribution in [-0.4, -0.2) is 84.0 Å². The quantitative estimate of drug-likeness (QED) is 0.221. The van der Waals surface area contributed by atoms with Crippen LogP contribution in [0.2, 0.25) is 0 Å². The third-order valence-corrected chi connectivity index (χ3v) is 11.0. The monoisotopic (exact) mass is 536 g/mol. The summed E-state index contributed by atoms with van der Waals surface area (Å²) in [7, 11) is 0. The van der Waals surface area contributed by atoms with Crippen molar-refractivity contribution in [1.82, 2.24) is 0 Å². The lowest BCUT2D eigenvalue weighted by molar-refractivity contribution is -0.336. The average molecular weight is 537 g/mol. The maximum absolute atomic E-state index is 13.6. The van der Waals surface area contributed by atoms with Crippen molar-refractivity contribution in [2.24, 2.45) is 28.1 Å². The SMILES string of the molecule is CC1(C(=O)c2ccoc2)CCCC2(O)C1CC(=O)OC2C1(O)C(O)C2(C)CC1(O)C(C)(CO)C2CC(=O)O. The van der Waals surface area contributed by atoms with Crippen LogP contribution in [0.3, 0.4) is 0 Å². The van der Waals surface area contributed by atoms with Crippen molar-refractivity contribution in [3.05, 3.63) is 24.2 Å². The summed E-state index contributed by atoms with van der Waals surface area (Å²) in [4.78, 5) is 38.4. The van der Waals surface area contributed by atoms with E-state index in [0.717, 1.165) is 0 Å². The lowest BCUT2D eigenvalue weighted by Crippen LogP contribution is -2.80. The molecule has 1 aromatic rings. The van der Waals surface area contributed by atoms with Gasteiger partial charge in [-0.2, -0.15) is 0 Å². The summed E-state index contributed by atoms with van der Waals surface area (Å²) in [6, 6.07) is 1.49. The largest absolute Gasteiger partial charge is 0.481 e. The Balaban J connectivity index is 1.64. The molecule has 38 heavy (non-hydrogen) atoms. The summed E-state index contributed by atoms with van der Waals surface area (Å²) in [6.45, 7) is 3.87. The van der Waals surface area contributed by atoms with E-state index in [1.54, 1.807) is 6.92 Å². The third kappa shape index (κ3) is 2.99. The number of fused-ring (bicyclic) bond motifs is 3. The number of aliphatic hydroxyl groups excluding tert-OH is 2. The van der Waals surface area contributed by atoms with Crippen LogP contribution in [0.5, 0.6) is 0 Å². The molecule has 4 fully saturated rings. The molecule has 0 amide bonds. The van der Waals surface area contributed by atoms with E-state index < -0.39 is 82.1 Å². The van der Waals surface area contributed by atoms with Crippen molar-refractivity contribution in [2.75, 3.05) is 6.61 Å². The first-order chi connectivity index (χ1) is 17.6. The molecule has 0 spiro atoms. The Bertz CT molecular complexity index is 1170. The van der Waals surface area contributed by atoms with Crippen molar-refractivity contribution >= 4 is 17.7 Å². The number of carboxylic acids is 1. The summed E-state index contributed by atoms with van der Waals surface area (Å²) in [5.41, 5.74) is -11.1. The number of hydrogen-bond acceptors (Lipinski definition) is 10. The van der Waals surface area contributed by atoms with E-state index >= 15 is 0 Å². The van der Waals surface area contributed by atoms with Gasteiger partial charge in [-0.05, 0) is 37.7 Å². The minimum absolute atomic E-state index is 0.0140. The van der Waals surface area contributed by atoms with Gasteiger partial charge in [0.15, 0.2) is 17.5 Å². The number of hydrogen-bond donors (Lipinski definition) is 6. The van der Waals surface area contributed by atoms with E-state index in [0.29, 0.717) is 12.8 Å². The van der Waals surface area contributed by atoms with Crippen molar-refractivity contribution in [2.45, 2.75) is 88.3 Å². The Kier molecular flexibility index (Phi) is 5.82. The van der Waals surface area contributed by atoms with E-state index in [4.69, 9.17) is 9.15 Å². The van der Waals surface area contributed by atoms with Crippen LogP contribution in [0.15, 0.2) is 23.0 Å². The van der Waals surface area contributed by atoms with Gasteiger partial charge < -0.3 is 39.8 Å². The molecule has 10 atom stereocenters. The van der Waals surface area contributed by atoms with Crippen molar-refractivity contribution < 1.29 is 54.2 Å². The minimum Gasteiger partial charge on any atom is -0.481 e. The highest BCUT2D eigenvalue weighted by Crippen LogP contribution is 2.74. The fourth-order valence-corrected chi connectivity index (χ4v) is 9.01. The highest BCUT2D eigenvalue weighted by atomic mass is 16.6. The third-order valence-electron chi connectivity index (χ3n) is 11.0. The van der Waals surface area contributed by atoms with Gasteiger partial charge in [0.2, 0.25) is 0 Å². The summed E-state index contributed by atoms with van der Waals surface area (Å²) in [5, 5.41) is 68.5. The molecule has 1 aliphatic heterocycles. The number of carbonyl (C=O) groups is 3. The van der Waals surface area contributed by atoms with E-state index in [9.17, 15) is 45.0 Å². The number of esters is 1. The summed E-state index contributed by atoms with van der Waals surface area (Å²) >= 11 is 0. The lowest BCUT2D eigenvalue weighted by Gasteiger charge is -2.63. The zero-order valence-corrected chi connectivity index (χ0v) is 21.7. The van der Waals surface area contributed by atoms with Gasteiger partial charge in [0, 0.05) is 28.6 Å². The Labute approximate surface area is 219 Å². The predicted molar refractivity (Wildman–Crippen MR) is 127 cm³/mol. The Morgan fingerprint density at radius 2 is 1.82 bits per heavy atom. The number of carbonyl (C=O) groups excluding carboxylic acids is 2. The average Bonchev–Trinajstić information content (AvgIpc) is 3.49. The molecule has 1 saturated heterocycles. The molecule has 4 aliphatic rings. The number of Topliss-reactive ketones (excluding diaryl/α,β-unsaturated/α-hetero) is 1. The number of aliphatic carboxylic acids is 1. The molecule has 10 unspecified atom stereocenters. The molecule has 2 bridgehead atoms. The molecule has 6 N–H and O–H groups in total. The van der Waals surface area contributed by atoms with Gasteiger partial charge in [-0.3, -0.25) is 14.4 Å². The smallest absolute Gasteiger partial charge is 0.306 e. The summed E-state index contributed by atoms with van der Waals surface area (Å²) < 4.78 is 10.7. The second-order valence-corrected chi connectivity index (χ2v) is 12.7. The van der Waals surface area contributed by atoms with E-state index in [-0.39, 0.29) is 30.6 Å². The normalized spacial score (nSPS) is 49.9. The van der Waals surface area contributed by atoms with Gasteiger partial charge in [0.1, 0.15) is 17.5 Å². The molecular formula is C27H36O11. The van der Waals surface area contributed by atoms with E-state index in [1.807, 2.05) is 0 Å². The number of rotatable bonds is 6. The number of carboxylic acid groups (broad SMARTS) is 1. The number of ether oxygens (including phenoxy) is 1. The van der Waals surface area contributed by atoms with Crippen LogP contribution in [0.25, 0.3) is 0 Å². The van der Waals surface area contributed by atoms with Gasteiger partial charge in [-0.25, -0.2) is 0 Å². The van der Waals surface area contributed by atoms with Crippen LogP contribution < -0.4 is 0 Å². The van der Waals surface area contributed by atoms with Crippen LogP contribution in [0.1, 0.15) is 69.7 Å². The molecular weight excluding hydrogens is 500 g/mol. The number of aliphatic hydroxyl groups is 5. The van der Waals surface area contributed by atoms with Crippen molar-refractivity contribution in [3.8, 4) is 0 Å². The molecule has 0 radical (unpaired) electrons. The molecule has 5 rings (SSSR count). The maximum atomic E-state index is 13.6. The molecule has 11 nitrogen and oxygen atoms in total. The highest BCUT2D eigenvalue weighted by Gasteiger charge is 2.87. The number of ketones is 1. The Morgan fingerprint density at radius 1 is 1.13 bits per heavy atom. The van der Waals surface area contributed by atoms with Crippen LogP contribution in [-0.2, 0) is 14.3 Å². The van der Waals surface area contributed by atoms with Gasteiger partial charge in [-0.1, -0.05) is 20.8 Å². The minimum atomic E-state index is -2.67. The van der Waals surface area contributed by atoms with E-state index in [1.165, 1.54) is 32.4 Å². The first-order valence-corrected chi connectivity index (χ1v) is 13.0.